The van der Waals surface area contributed by atoms with Gasteiger partial charge in [-0.25, -0.2) is 0 Å². The van der Waals surface area contributed by atoms with Gasteiger partial charge in [-0.2, -0.15) is 5.10 Å². The van der Waals surface area contributed by atoms with Crippen molar-refractivity contribution in [1.82, 2.24) is 15.2 Å². The Labute approximate surface area is 155 Å². The first-order valence-corrected chi connectivity index (χ1v) is 9.23. The highest BCUT2D eigenvalue weighted by molar-refractivity contribution is 7.22. The smallest absolute Gasteiger partial charge is 0.228 e. The van der Waals surface area contributed by atoms with Crippen molar-refractivity contribution in [3.63, 3.8) is 0 Å². The van der Waals surface area contributed by atoms with Crippen molar-refractivity contribution >= 4 is 33.3 Å². The molecule has 5 nitrogen and oxygen atoms in total. The lowest BCUT2D eigenvalue weighted by molar-refractivity contribution is -0.118. The topological polar surface area (TPSA) is 70.7 Å². The number of anilines is 1. The van der Waals surface area contributed by atoms with Crippen LogP contribution in [0.1, 0.15) is 13.8 Å². The summed E-state index contributed by atoms with van der Waals surface area (Å²) in [6.45, 7) is 3.72. The van der Waals surface area contributed by atoms with E-state index in [0.29, 0.717) is 5.82 Å². The number of nitrogens with one attached hydrogen (secondary N) is 2. The lowest BCUT2D eigenvalue weighted by Gasteiger charge is -2.04. The van der Waals surface area contributed by atoms with Crippen LogP contribution in [0, 0.1) is 5.92 Å². The SMILES string of the molecule is CC(C)C(=O)Nc1n[nH]c2cc(-c3cncc(-c4ccccc4)c3)sc12. The first kappa shape index (κ1) is 16.5. The van der Waals surface area contributed by atoms with Gasteiger partial charge in [-0.3, -0.25) is 14.9 Å². The Bertz CT molecular complexity index is 1070. The molecule has 0 spiro atoms. The Morgan fingerprint density at radius 1 is 1.08 bits per heavy atom. The third-order valence-electron chi connectivity index (χ3n) is 4.13. The minimum absolute atomic E-state index is 0.0407. The van der Waals surface area contributed by atoms with Crippen LogP contribution in [0.3, 0.4) is 0 Å². The molecule has 0 aliphatic rings. The molecule has 130 valence electrons. The van der Waals surface area contributed by atoms with Gasteiger partial charge in [-0.15, -0.1) is 11.3 Å². The lowest BCUT2D eigenvalue weighted by atomic mass is 10.1. The van der Waals surface area contributed by atoms with Crippen LogP contribution in [-0.4, -0.2) is 21.1 Å². The molecule has 6 heteroatoms. The molecule has 0 fully saturated rings. The predicted molar refractivity (Wildman–Crippen MR) is 106 cm³/mol. The van der Waals surface area contributed by atoms with Crippen molar-refractivity contribution in [2.24, 2.45) is 5.92 Å². The van der Waals surface area contributed by atoms with Crippen molar-refractivity contribution in [2.75, 3.05) is 5.32 Å². The number of pyridine rings is 1. The number of aromatic amines is 1. The molecule has 3 aromatic heterocycles. The molecule has 1 aromatic carbocycles. The summed E-state index contributed by atoms with van der Waals surface area (Å²) in [6, 6.07) is 14.4. The Morgan fingerprint density at radius 2 is 1.85 bits per heavy atom. The highest BCUT2D eigenvalue weighted by Crippen LogP contribution is 2.37. The molecule has 0 saturated carbocycles. The molecule has 0 saturated heterocycles. The van der Waals surface area contributed by atoms with Crippen LogP contribution in [0.2, 0.25) is 0 Å². The zero-order valence-electron chi connectivity index (χ0n) is 14.5. The number of benzene rings is 1. The van der Waals surface area contributed by atoms with E-state index < -0.39 is 0 Å². The van der Waals surface area contributed by atoms with Gasteiger partial charge in [-0.1, -0.05) is 44.2 Å². The molecule has 26 heavy (non-hydrogen) atoms. The number of hydrogen-bond acceptors (Lipinski definition) is 4. The quantitative estimate of drug-likeness (QED) is 0.540. The second kappa shape index (κ2) is 6.72. The van der Waals surface area contributed by atoms with E-state index in [1.165, 1.54) is 0 Å². The molecular weight excluding hydrogens is 344 g/mol. The van der Waals surface area contributed by atoms with E-state index in [0.717, 1.165) is 31.8 Å². The Morgan fingerprint density at radius 3 is 2.62 bits per heavy atom. The van der Waals surface area contributed by atoms with Gasteiger partial charge in [0.05, 0.1) is 10.2 Å². The number of nitrogens with zero attached hydrogens (tertiary/aromatic N) is 2. The highest BCUT2D eigenvalue weighted by Gasteiger charge is 2.15. The number of amides is 1. The van der Waals surface area contributed by atoms with E-state index in [1.54, 1.807) is 11.3 Å². The predicted octanol–water partition coefficient (Wildman–Crippen LogP) is 4.95. The third kappa shape index (κ3) is 3.11. The van der Waals surface area contributed by atoms with Crippen LogP contribution >= 0.6 is 11.3 Å². The molecule has 2 N–H and O–H groups in total. The van der Waals surface area contributed by atoms with Crippen molar-refractivity contribution in [3.8, 4) is 21.6 Å². The Balaban J connectivity index is 1.69. The van der Waals surface area contributed by atoms with Gasteiger partial charge < -0.3 is 5.32 Å². The fourth-order valence-electron chi connectivity index (χ4n) is 2.67. The summed E-state index contributed by atoms with van der Waals surface area (Å²) in [5.41, 5.74) is 4.17. The summed E-state index contributed by atoms with van der Waals surface area (Å²) in [4.78, 5) is 17.4. The molecule has 4 aromatic rings. The number of carbonyl (C=O) groups excluding carboxylic acids is 1. The van der Waals surface area contributed by atoms with Gasteiger partial charge >= 0.3 is 0 Å². The van der Waals surface area contributed by atoms with Gasteiger partial charge in [-0.05, 0) is 17.7 Å². The normalized spacial score (nSPS) is 11.2. The van der Waals surface area contributed by atoms with Crippen LogP contribution in [0.5, 0.6) is 0 Å². The number of fused-ring (bicyclic) bond motifs is 1. The first-order chi connectivity index (χ1) is 12.6. The van der Waals surface area contributed by atoms with Crippen LogP contribution in [-0.2, 0) is 4.79 Å². The highest BCUT2D eigenvalue weighted by atomic mass is 32.1. The van der Waals surface area contributed by atoms with E-state index in [-0.39, 0.29) is 11.8 Å². The summed E-state index contributed by atoms with van der Waals surface area (Å²) in [6.07, 6.45) is 3.73. The summed E-state index contributed by atoms with van der Waals surface area (Å²) >= 11 is 1.59. The molecule has 0 bridgehead atoms. The summed E-state index contributed by atoms with van der Waals surface area (Å²) in [5.74, 6) is 0.455. The minimum Gasteiger partial charge on any atom is -0.308 e. The van der Waals surface area contributed by atoms with Gasteiger partial charge in [0, 0.05) is 34.3 Å². The molecule has 4 rings (SSSR count). The van der Waals surface area contributed by atoms with Crippen molar-refractivity contribution in [3.05, 3.63) is 54.9 Å². The monoisotopic (exact) mass is 362 g/mol. The number of H-pyrrole nitrogens is 1. The zero-order valence-corrected chi connectivity index (χ0v) is 15.3. The standard InChI is InChI=1S/C20H18N4OS/c1-12(2)20(25)22-19-18-16(23-24-19)9-17(26-18)15-8-14(10-21-11-15)13-6-4-3-5-7-13/h3-12H,1-2H3,(H2,22,23,24,25). The van der Waals surface area contributed by atoms with E-state index in [9.17, 15) is 4.79 Å². The summed E-state index contributed by atoms with van der Waals surface area (Å²) < 4.78 is 0.944. The molecule has 3 heterocycles. The minimum atomic E-state index is -0.0899. The molecule has 0 unspecified atom stereocenters. The fourth-order valence-corrected chi connectivity index (χ4v) is 3.70. The van der Waals surface area contributed by atoms with Crippen LogP contribution in [0.15, 0.2) is 54.9 Å². The van der Waals surface area contributed by atoms with E-state index in [1.807, 2.05) is 50.5 Å². The van der Waals surface area contributed by atoms with Crippen LogP contribution in [0.4, 0.5) is 5.82 Å². The Hall–Kier alpha value is -2.99. The number of thiophene rings is 1. The average molecular weight is 362 g/mol. The summed E-state index contributed by atoms with van der Waals surface area (Å²) in [5, 5.41) is 10.1. The summed E-state index contributed by atoms with van der Waals surface area (Å²) in [7, 11) is 0. The van der Waals surface area contributed by atoms with E-state index >= 15 is 0 Å². The van der Waals surface area contributed by atoms with Gasteiger partial charge in [0.2, 0.25) is 5.91 Å². The van der Waals surface area contributed by atoms with Crippen molar-refractivity contribution < 1.29 is 4.79 Å². The van der Waals surface area contributed by atoms with Gasteiger partial charge in [0.1, 0.15) is 0 Å². The van der Waals surface area contributed by atoms with Crippen LogP contribution < -0.4 is 5.32 Å². The van der Waals surface area contributed by atoms with E-state index in [4.69, 9.17) is 0 Å². The molecule has 0 aliphatic heterocycles. The lowest BCUT2D eigenvalue weighted by Crippen LogP contribution is -2.17. The molecule has 0 atom stereocenters. The van der Waals surface area contributed by atoms with E-state index in [2.05, 4.69) is 38.7 Å². The maximum Gasteiger partial charge on any atom is 0.228 e. The second-order valence-electron chi connectivity index (χ2n) is 6.40. The van der Waals surface area contributed by atoms with Crippen LogP contribution in [0.25, 0.3) is 31.8 Å². The third-order valence-corrected chi connectivity index (χ3v) is 5.32. The maximum absolute atomic E-state index is 12.0. The second-order valence-corrected chi connectivity index (χ2v) is 7.45. The van der Waals surface area contributed by atoms with Gasteiger partial charge in [0.15, 0.2) is 5.82 Å². The zero-order chi connectivity index (χ0) is 18.1. The fraction of sp³-hybridized carbons (Fsp3) is 0.150. The average Bonchev–Trinajstić information content (AvgIpc) is 3.24. The van der Waals surface area contributed by atoms with Gasteiger partial charge in [0.25, 0.3) is 0 Å². The maximum atomic E-state index is 12.0. The largest absolute Gasteiger partial charge is 0.308 e. The van der Waals surface area contributed by atoms with Crippen molar-refractivity contribution in [1.29, 1.82) is 0 Å². The number of carbonyl (C=O) groups is 1. The first-order valence-electron chi connectivity index (χ1n) is 8.41. The van der Waals surface area contributed by atoms with Crippen molar-refractivity contribution in [2.45, 2.75) is 13.8 Å². The number of hydrogen-bond donors (Lipinski definition) is 2. The molecule has 1 amide bonds. The Kier molecular flexibility index (Phi) is 4.26. The number of aromatic nitrogens is 3. The molecule has 0 aliphatic carbocycles. The molecule has 0 radical (unpaired) electrons. The molecular formula is C20H18N4OS. The number of rotatable bonds is 4.